The molecule has 0 atom stereocenters. The minimum absolute atomic E-state index is 0.844. The lowest BCUT2D eigenvalue weighted by Gasteiger charge is -2.01. The Morgan fingerprint density at radius 3 is 2.18 bits per heavy atom. The molecule has 0 bridgehead atoms. The van der Waals surface area contributed by atoms with Crippen molar-refractivity contribution in [3.8, 4) is 33.9 Å². The summed E-state index contributed by atoms with van der Waals surface area (Å²) < 4.78 is 0. The Morgan fingerprint density at radius 2 is 1.24 bits per heavy atom. The molecule has 0 aliphatic rings. The van der Waals surface area contributed by atoms with E-state index in [9.17, 15) is 0 Å². The van der Waals surface area contributed by atoms with Crippen LogP contribution in [0.5, 0.6) is 0 Å². The van der Waals surface area contributed by atoms with Gasteiger partial charge in [-0.2, -0.15) is 0 Å². The molecule has 0 fully saturated rings. The summed E-state index contributed by atoms with van der Waals surface area (Å²) >= 11 is 0. The fourth-order valence-electron chi connectivity index (χ4n) is 4.36. The third-order valence-corrected chi connectivity index (χ3v) is 6.08. The smallest absolute Gasteiger partial charge is 0.138 e. The fourth-order valence-corrected chi connectivity index (χ4v) is 4.36. The second-order valence-corrected chi connectivity index (χ2v) is 8.15. The van der Waals surface area contributed by atoms with E-state index in [2.05, 4.69) is 80.6 Å². The number of hydrogen-bond donors (Lipinski definition) is 3. The van der Waals surface area contributed by atoms with Gasteiger partial charge < -0.3 is 15.0 Å². The van der Waals surface area contributed by atoms with Crippen LogP contribution < -0.4 is 0 Å². The highest BCUT2D eigenvalue weighted by Gasteiger charge is 2.10. The lowest BCUT2D eigenvalue weighted by atomic mass is 10.0. The number of aromatic nitrogens is 6. The van der Waals surface area contributed by atoms with E-state index in [0.717, 1.165) is 61.5 Å². The van der Waals surface area contributed by atoms with Crippen molar-refractivity contribution in [1.29, 1.82) is 0 Å². The number of rotatable bonds is 3. The Morgan fingerprint density at radius 1 is 0.515 bits per heavy atom. The van der Waals surface area contributed by atoms with Crippen molar-refractivity contribution in [3.05, 3.63) is 91.4 Å². The summed E-state index contributed by atoms with van der Waals surface area (Å²) in [6.07, 6.45) is 5.51. The van der Waals surface area contributed by atoms with Crippen molar-refractivity contribution in [2.75, 3.05) is 0 Å². The minimum Gasteiger partial charge on any atom is -0.361 e. The van der Waals surface area contributed by atoms with Crippen LogP contribution in [0.2, 0.25) is 0 Å². The molecule has 156 valence electrons. The van der Waals surface area contributed by atoms with E-state index in [0.29, 0.717) is 0 Å². The van der Waals surface area contributed by atoms with Crippen molar-refractivity contribution in [2.24, 2.45) is 0 Å². The van der Waals surface area contributed by atoms with Crippen LogP contribution in [0, 0.1) is 0 Å². The summed E-state index contributed by atoms with van der Waals surface area (Å²) in [5.74, 6) is 1.72. The average Bonchev–Trinajstić information content (AvgIpc) is 3.60. The van der Waals surface area contributed by atoms with E-state index in [1.54, 1.807) is 12.4 Å². The summed E-state index contributed by atoms with van der Waals surface area (Å²) in [4.78, 5) is 23.8. The number of H-pyrrole nitrogens is 3. The lowest BCUT2D eigenvalue weighted by Crippen LogP contribution is -1.80. The van der Waals surface area contributed by atoms with E-state index in [4.69, 9.17) is 9.97 Å². The van der Waals surface area contributed by atoms with Gasteiger partial charge in [0.1, 0.15) is 11.6 Å². The number of pyridine rings is 1. The predicted molar refractivity (Wildman–Crippen MR) is 132 cm³/mol. The van der Waals surface area contributed by atoms with Gasteiger partial charge in [0.2, 0.25) is 0 Å². The Balaban J connectivity index is 1.27. The largest absolute Gasteiger partial charge is 0.361 e. The topological polar surface area (TPSA) is 86.0 Å². The monoisotopic (exact) mass is 426 g/mol. The van der Waals surface area contributed by atoms with Gasteiger partial charge in [0.25, 0.3) is 0 Å². The number of aromatic amines is 3. The molecule has 0 spiro atoms. The maximum atomic E-state index is 4.87. The van der Waals surface area contributed by atoms with E-state index >= 15 is 0 Å². The Kier molecular flexibility index (Phi) is 3.75. The molecule has 3 aromatic carbocycles. The van der Waals surface area contributed by atoms with Crippen LogP contribution in [0.1, 0.15) is 0 Å². The number of hydrogen-bond acceptors (Lipinski definition) is 3. The Labute approximate surface area is 188 Å². The first-order chi connectivity index (χ1) is 16.3. The fraction of sp³-hybridized carbons (Fsp3) is 0. The second kappa shape index (κ2) is 6.90. The molecule has 0 amide bonds. The minimum atomic E-state index is 0.844. The average molecular weight is 426 g/mol. The summed E-state index contributed by atoms with van der Waals surface area (Å²) in [5.41, 5.74) is 9.35. The van der Waals surface area contributed by atoms with Crippen LogP contribution in [0.15, 0.2) is 91.4 Å². The van der Waals surface area contributed by atoms with E-state index in [1.807, 2.05) is 18.3 Å². The zero-order chi connectivity index (χ0) is 21.8. The molecule has 0 aliphatic heterocycles. The maximum absolute atomic E-state index is 4.87. The second-order valence-electron chi connectivity index (χ2n) is 8.15. The van der Waals surface area contributed by atoms with Crippen LogP contribution in [-0.2, 0) is 0 Å². The number of fused-ring (bicyclic) bond motifs is 3. The van der Waals surface area contributed by atoms with Crippen molar-refractivity contribution >= 4 is 33.0 Å². The van der Waals surface area contributed by atoms with Gasteiger partial charge in [0.15, 0.2) is 0 Å². The van der Waals surface area contributed by atoms with Gasteiger partial charge in [-0.15, -0.1) is 0 Å². The Hall–Kier alpha value is -4.71. The molecular weight excluding hydrogens is 408 g/mol. The first kappa shape index (κ1) is 17.9. The summed E-state index contributed by atoms with van der Waals surface area (Å²) in [5, 5.41) is 1.17. The normalized spacial score (nSPS) is 11.6. The van der Waals surface area contributed by atoms with Crippen molar-refractivity contribution in [2.45, 2.75) is 0 Å². The molecule has 0 radical (unpaired) electrons. The van der Waals surface area contributed by atoms with Crippen LogP contribution in [0.4, 0.5) is 0 Å². The molecule has 0 aliphatic carbocycles. The molecule has 33 heavy (non-hydrogen) atoms. The van der Waals surface area contributed by atoms with Crippen LogP contribution in [-0.4, -0.2) is 29.9 Å². The van der Waals surface area contributed by atoms with E-state index in [1.165, 1.54) is 5.39 Å². The zero-order valence-corrected chi connectivity index (χ0v) is 17.5. The SMILES string of the molecule is c1cc(-c2nc3ccc(-c4ccc5[nH]c(-c6ccc7[nH]ccc7c6)nc5c4)cc3[nH]2)ccn1. The summed E-state index contributed by atoms with van der Waals surface area (Å²) in [6.45, 7) is 0. The van der Waals surface area contributed by atoms with Crippen LogP contribution >= 0.6 is 0 Å². The molecule has 0 saturated carbocycles. The molecule has 3 N–H and O–H groups in total. The standard InChI is InChI=1S/C27H18N6/c1-5-22-24(32-26(30-22)16-7-10-28-11-8-16)14-17(1)18-2-6-23-25(15-18)33-27(31-23)20-3-4-21-19(13-20)9-12-29-21/h1-15,29H,(H,30,32)(H,31,33). The molecule has 4 aromatic heterocycles. The third kappa shape index (κ3) is 3.00. The first-order valence-corrected chi connectivity index (χ1v) is 10.8. The zero-order valence-electron chi connectivity index (χ0n) is 17.5. The number of imidazole rings is 2. The predicted octanol–water partition coefficient (Wildman–Crippen LogP) is 6.32. The lowest BCUT2D eigenvalue weighted by molar-refractivity contribution is 1.28. The molecule has 0 saturated heterocycles. The van der Waals surface area contributed by atoms with Gasteiger partial charge in [-0.3, -0.25) is 4.98 Å². The van der Waals surface area contributed by atoms with Crippen LogP contribution in [0.3, 0.4) is 0 Å². The third-order valence-electron chi connectivity index (χ3n) is 6.08. The molecule has 6 heteroatoms. The number of benzene rings is 3. The highest BCUT2D eigenvalue weighted by atomic mass is 14.9. The van der Waals surface area contributed by atoms with Gasteiger partial charge in [-0.1, -0.05) is 12.1 Å². The molecule has 6 nitrogen and oxygen atoms in total. The van der Waals surface area contributed by atoms with Gasteiger partial charge in [0.05, 0.1) is 22.1 Å². The van der Waals surface area contributed by atoms with Gasteiger partial charge in [0, 0.05) is 40.6 Å². The van der Waals surface area contributed by atoms with Crippen molar-refractivity contribution in [1.82, 2.24) is 29.9 Å². The molecule has 4 heterocycles. The summed E-state index contributed by atoms with van der Waals surface area (Å²) in [7, 11) is 0. The maximum Gasteiger partial charge on any atom is 0.138 e. The van der Waals surface area contributed by atoms with E-state index < -0.39 is 0 Å². The molecule has 7 rings (SSSR count). The van der Waals surface area contributed by atoms with Crippen molar-refractivity contribution < 1.29 is 0 Å². The van der Waals surface area contributed by atoms with Gasteiger partial charge in [-0.05, 0) is 71.8 Å². The first-order valence-electron chi connectivity index (χ1n) is 10.8. The highest BCUT2D eigenvalue weighted by Crippen LogP contribution is 2.29. The number of nitrogens with one attached hydrogen (secondary N) is 3. The van der Waals surface area contributed by atoms with Gasteiger partial charge >= 0.3 is 0 Å². The highest BCUT2D eigenvalue weighted by molar-refractivity contribution is 5.90. The van der Waals surface area contributed by atoms with E-state index in [-0.39, 0.29) is 0 Å². The molecular formula is C27H18N6. The molecule has 7 aromatic rings. The quantitative estimate of drug-likeness (QED) is 0.309. The number of nitrogens with zero attached hydrogens (tertiary/aromatic N) is 3. The summed E-state index contributed by atoms with van der Waals surface area (Å²) in [6, 6.07) is 25.0. The van der Waals surface area contributed by atoms with Crippen molar-refractivity contribution in [3.63, 3.8) is 0 Å². The molecule has 0 unspecified atom stereocenters. The van der Waals surface area contributed by atoms with Gasteiger partial charge in [-0.25, -0.2) is 9.97 Å². The Bertz CT molecular complexity index is 1770. The van der Waals surface area contributed by atoms with Crippen LogP contribution in [0.25, 0.3) is 66.9 Å².